The van der Waals surface area contributed by atoms with E-state index in [0.29, 0.717) is 29.5 Å². The van der Waals surface area contributed by atoms with Crippen molar-refractivity contribution in [3.63, 3.8) is 0 Å². The predicted octanol–water partition coefficient (Wildman–Crippen LogP) is 5.06. The molecule has 1 aromatic rings. The third kappa shape index (κ3) is 4.96. The van der Waals surface area contributed by atoms with Crippen LogP contribution in [-0.2, 0) is 0 Å². The largest absolute Gasteiger partial charge is 0.396 e. The van der Waals surface area contributed by atoms with Gasteiger partial charge in [-0.15, -0.1) is 22.5 Å². The second-order valence-corrected chi connectivity index (χ2v) is 13.2. The van der Waals surface area contributed by atoms with Crippen molar-refractivity contribution >= 4 is 8.07 Å². The molecule has 2 nitrogen and oxygen atoms in total. The summed E-state index contributed by atoms with van der Waals surface area (Å²) < 4.78 is 0. The SMILES string of the molecule is CC(C)[Si-](C#Cc1ccc(C(O)CCCO)cc1)(C(C)C)C(C)C. The Hall–Kier alpha value is -1.08. The molecule has 24 heavy (non-hydrogen) atoms. The lowest BCUT2D eigenvalue weighted by Crippen LogP contribution is -2.43. The summed E-state index contributed by atoms with van der Waals surface area (Å²) in [5.74, 6) is 3.43. The second kappa shape index (κ2) is 9.41. The van der Waals surface area contributed by atoms with Crippen molar-refractivity contribution < 1.29 is 10.2 Å². The van der Waals surface area contributed by atoms with E-state index in [0.717, 1.165) is 11.1 Å². The predicted molar refractivity (Wildman–Crippen MR) is 106 cm³/mol. The van der Waals surface area contributed by atoms with Crippen LogP contribution in [0, 0.1) is 11.5 Å². The highest BCUT2D eigenvalue weighted by Crippen LogP contribution is 2.40. The Morgan fingerprint density at radius 1 is 0.917 bits per heavy atom. The molecule has 1 aromatic carbocycles. The quantitative estimate of drug-likeness (QED) is 0.535. The fourth-order valence-electron chi connectivity index (χ4n) is 3.85. The van der Waals surface area contributed by atoms with Crippen molar-refractivity contribution in [2.45, 2.75) is 77.1 Å². The van der Waals surface area contributed by atoms with E-state index in [1.54, 1.807) is 0 Å². The highest BCUT2D eigenvalue weighted by molar-refractivity contribution is 6.90. The van der Waals surface area contributed by atoms with Crippen LogP contribution in [0.1, 0.15) is 71.6 Å². The summed E-state index contributed by atoms with van der Waals surface area (Å²) in [6.07, 6.45) is 0.703. The standard InChI is InChI=1S/C21H34O2Si/c1-16(2)24(17(3)4,18(5)6)15-13-19-9-11-20(12-10-19)21(23)8-7-14-22/h9-12,16-18,21-23H,7-8,14H2,1-6H3/q-1. The maximum atomic E-state index is 10.1. The van der Waals surface area contributed by atoms with Crippen molar-refractivity contribution in [2.75, 3.05) is 6.61 Å². The summed E-state index contributed by atoms with van der Waals surface area (Å²) >= 11 is 0. The Morgan fingerprint density at radius 2 is 1.42 bits per heavy atom. The number of aliphatic hydroxyl groups excluding tert-OH is 2. The molecule has 0 fully saturated rings. The zero-order valence-corrected chi connectivity index (χ0v) is 17.1. The lowest BCUT2D eigenvalue weighted by molar-refractivity contribution is 0.152. The van der Waals surface area contributed by atoms with Crippen LogP contribution in [0.2, 0.25) is 16.6 Å². The van der Waals surface area contributed by atoms with Crippen LogP contribution in [0.15, 0.2) is 24.3 Å². The Kier molecular flexibility index (Phi) is 8.22. The van der Waals surface area contributed by atoms with Crippen molar-refractivity contribution in [1.29, 1.82) is 0 Å². The van der Waals surface area contributed by atoms with E-state index in [1.165, 1.54) is 0 Å². The minimum absolute atomic E-state index is 0.118. The molecule has 0 aliphatic carbocycles. The summed E-state index contributed by atoms with van der Waals surface area (Å²) in [4.78, 5) is 0. The minimum atomic E-state index is -1.70. The van der Waals surface area contributed by atoms with Gasteiger partial charge in [-0.05, 0) is 30.5 Å². The van der Waals surface area contributed by atoms with Gasteiger partial charge in [-0.1, -0.05) is 61.7 Å². The van der Waals surface area contributed by atoms with E-state index in [-0.39, 0.29) is 6.61 Å². The summed E-state index contributed by atoms with van der Waals surface area (Å²) in [5, 5.41) is 18.9. The van der Waals surface area contributed by atoms with Gasteiger partial charge < -0.3 is 10.2 Å². The van der Waals surface area contributed by atoms with E-state index >= 15 is 0 Å². The molecule has 0 aromatic heterocycles. The number of rotatable bonds is 7. The Labute approximate surface area is 149 Å². The number of aliphatic hydroxyl groups is 2. The van der Waals surface area contributed by atoms with Crippen molar-refractivity contribution in [1.82, 2.24) is 0 Å². The highest BCUT2D eigenvalue weighted by Gasteiger charge is 2.28. The van der Waals surface area contributed by atoms with E-state index < -0.39 is 14.2 Å². The molecular weight excluding hydrogens is 312 g/mol. The Bertz CT molecular complexity index is 528. The molecule has 0 spiro atoms. The zero-order valence-electron chi connectivity index (χ0n) is 16.1. The molecule has 3 heteroatoms. The third-order valence-electron chi connectivity index (χ3n) is 5.22. The number of hydrogen-bond acceptors (Lipinski definition) is 2. The Morgan fingerprint density at radius 3 is 1.83 bits per heavy atom. The number of benzene rings is 1. The first-order valence-corrected chi connectivity index (χ1v) is 11.4. The van der Waals surface area contributed by atoms with Crippen molar-refractivity contribution in [3.05, 3.63) is 35.4 Å². The second-order valence-electron chi connectivity index (χ2n) is 7.65. The van der Waals surface area contributed by atoms with Crippen LogP contribution in [0.4, 0.5) is 0 Å². The van der Waals surface area contributed by atoms with Crippen LogP contribution >= 0.6 is 0 Å². The first-order chi connectivity index (χ1) is 11.3. The average molecular weight is 347 g/mol. The highest BCUT2D eigenvalue weighted by atomic mass is 28.3. The summed E-state index contributed by atoms with van der Waals surface area (Å²) in [7, 11) is -1.70. The van der Waals surface area contributed by atoms with Gasteiger partial charge in [0.15, 0.2) is 0 Å². The van der Waals surface area contributed by atoms with Gasteiger partial charge in [0.05, 0.1) is 6.10 Å². The van der Waals surface area contributed by atoms with Gasteiger partial charge in [0.1, 0.15) is 0 Å². The first-order valence-electron chi connectivity index (χ1n) is 9.17. The maximum absolute atomic E-state index is 10.1. The Balaban J connectivity index is 3.02. The molecule has 0 saturated carbocycles. The van der Waals surface area contributed by atoms with E-state index in [2.05, 4.69) is 53.0 Å². The van der Waals surface area contributed by atoms with Crippen molar-refractivity contribution in [3.8, 4) is 11.5 Å². The smallest absolute Gasteiger partial charge is 0.0790 e. The maximum Gasteiger partial charge on any atom is 0.0790 e. The lowest BCUT2D eigenvalue weighted by atomic mass is 10.0. The summed E-state index contributed by atoms with van der Waals surface area (Å²) in [6, 6.07) is 7.92. The molecule has 0 bridgehead atoms. The van der Waals surface area contributed by atoms with Crippen LogP contribution in [0.5, 0.6) is 0 Å². The molecule has 0 aliphatic heterocycles. The molecule has 0 saturated heterocycles. The molecule has 2 N–H and O–H groups in total. The minimum Gasteiger partial charge on any atom is -0.396 e. The van der Waals surface area contributed by atoms with Crippen LogP contribution in [0.25, 0.3) is 0 Å². The van der Waals surface area contributed by atoms with Gasteiger partial charge in [0.2, 0.25) is 0 Å². The van der Waals surface area contributed by atoms with Gasteiger partial charge in [0, 0.05) is 12.2 Å². The summed E-state index contributed by atoms with van der Waals surface area (Å²) in [6.45, 7) is 14.0. The number of hydrogen-bond donors (Lipinski definition) is 2. The van der Waals surface area contributed by atoms with Gasteiger partial charge in [0.25, 0.3) is 0 Å². The molecule has 0 aliphatic rings. The van der Waals surface area contributed by atoms with Crippen LogP contribution < -0.4 is 0 Å². The van der Waals surface area contributed by atoms with Gasteiger partial charge >= 0.3 is 0 Å². The van der Waals surface area contributed by atoms with E-state index in [9.17, 15) is 5.11 Å². The van der Waals surface area contributed by atoms with E-state index in [4.69, 9.17) is 5.11 Å². The summed E-state index contributed by atoms with van der Waals surface area (Å²) in [5.41, 5.74) is 7.53. The van der Waals surface area contributed by atoms with E-state index in [1.807, 2.05) is 24.3 Å². The average Bonchev–Trinajstić information content (AvgIpc) is 2.52. The molecular formula is C21H34O2Si-. The van der Waals surface area contributed by atoms with Crippen molar-refractivity contribution in [2.24, 2.45) is 0 Å². The lowest BCUT2D eigenvalue weighted by Gasteiger charge is -2.50. The molecule has 1 rings (SSSR count). The van der Waals surface area contributed by atoms with Gasteiger partial charge in [-0.2, -0.15) is 0 Å². The monoisotopic (exact) mass is 346 g/mol. The third-order valence-corrected chi connectivity index (χ3v) is 11.5. The molecule has 135 valence electrons. The normalized spacial score (nSPS) is 13.3. The molecule has 1 atom stereocenters. The molecule has 0 amide bonds. The van der Waals surface area contributed by atoms with Gasteiger partial charge in [-0.25, -0.2) is 0 Å². The fraction of sp³-hybridized carbons (Fsp3) is 0.619. The molecule has 0 radical (unpaired) electrons. The van der Waals surface area contributed by atoms with Crippen LogP contribution in [-0.4, -0.2) is 24.9 Å². The zero-order chi connectivity index (χ0) is 18.3. The van der Waals surface area contributed by atoms with Crippen LogP contribution in [0.3, 0.4) is 0 Å². The van der Waals surface area contributed by atoms with Gasteiger partial charge in [-0.3, -0.25) is 5.54 Å². The topological polar surface area (TPSA) is 40.5 Å². The first kappa shape index (κ1) is 21.0. The molecule has 1 unspecified atom stereocenters. The fourth-order valence-corrected chi connectivity index (χ4v) is 9.08. The molecule has 0 heterocycles.